The van der Waals surface area contributed by atoms with Gasteiger partial charge in [0.25, 0.3) is 0 Å². The molecular weight excluding hydrogens is 216 g/mol. The molecule has 2 aromatic rings. The molecule has 0 radical (unpaired) electrons. The van der Waals surface area contributed by atoms with Crippen LogP contribution in [0.25, 0.3) is 11.5 Å². The molecule has 5 nitrogen and oxygen atoms in total. The highest BCUT2D eigenvalue weighted by molar-refractivity contribution is 5.52. The summed E-state index contributed by atoms with van der Waals surface area (Å²) in [6.45, 7) is 2.02. The SMILES string of the molecule is CCc1cc(N)nc(-c2cccc(OC)n2)n1. The first kappa shape index (κ1) is 11.3. The van der Waals surface area contributed by atoms with Crippen molar-refractivity contribution in [1.82, 2.24) is 15.0 Å². The maximum atomic E-state index is 5.73. The summed E-state index contributed by atoms with van der Waals surface area (Å²) < 4.78 is 5.07. The summed E-state index contributed by atoms with van der Waals surface area (Å²) in [6.07, 6.45) is 0.809. The Hall–Kier alpha value is -2.17. The van der Waals surface area contributed by atoms with E-state index in [9.17, 15) is 0 Å². The summed E-state index contributed by atoms with van der Waals surface area (Å²) in [5.74, 6) is 1.52. The molecule has 0 saturated heterocycles. The largest absolute Gasteiger partial charge is 0.481 e. The van der Waals surface area contributed by atoms with Crippen molar-refractivity contribution >= 4 is 5.82 Å². The fourth-order valence-electron chi connectivity index (χ4n) is 1.47. The number of ether oxygens (including phenoxy) is 1. The van der Waals surface area contributed by atoms with Crippen LogP contribution < -0.4 is 10.5 Å². The Labute approximate surface area is 99.7 Å². The maximum Gasteiger partial charge on any atom is 0.213 e. The minimum absolute atomic E-state index is 0.455. The first-order valence-corrected chi connectivity index (χ1v) is 5.37. The van der Waals surface area contributed by atoms with Crippen molar-refractivity contribution in [2.75, 3.05) is 12.8 Å². The second kappa shape index (κ2) is 4.78. The first-order valence-electron chi connectivity index (χ1n) is 5.37. The zero-order valence-corrected chi connectivity index (χ0v) is 9.84. The highest BCUT2D eigenvalue weighted by Crippen LogP contribution is 2.17. The van der Waals surface area contributed by atoms with E-state index in [1.54, 1.807) is 19.2 Å². The molecule has 0 fully saturated rings. The van der Waals surface area contributed by atoms with Crippen LogP contribution in [-0.2, 0) is 6.42 Å². The monoisotopic (exact) mass is 230 g/mol. The van der Waals surface area contributed by atoms with E-state index in [2.05, 4.69) is 15.0 Å². The summed E-state index contributed by atoms with van der Waals surface area (Å²) in [5.41, 5.74) is 7.29. The van der Waals surface area contributed by atoms with Crippen molar-refractivity contribution in [2.24, 2.45) is 0 Å². The lowest BCUT2D eigenvalue weighted by atomic mass is 10.3. The molecule has 17 heavy (non-hydrogen) atoms. The molecule has 0 aliphatic rings. The minimum atomic E-state index is 0.455. The zero-order chi connectivity index (χ0) is 12.3. The van der Waals surface area contributed by atoms with Crippen LogP contribution in [-0.4, -0.2) is 22.1 Å². The summed E-state index contributed by atoms with van der Waals surface area (Å²) >= 11 is 0. The molecule has 0 aliphatic heterocycles. The summed E-state index contributed by atoms with van der Waals surface area (Å²) in [7, 11) is 1.57. The highest BCUT2D eigenvalue weighted by Gasteiger charge is 2.06. The topological polar surface area (TPSA) is 73.9 Å². The molecule has 88 valence electrons. The van der Waals surface area contributed by atoms with Gasteiger partial charge in [-0.3, -0.25) is 0 Å². The third kappa shape index (κ3) is 2.50. The van der Waals surface area contributed by atoms with Crippen LogP contribution >= 0.6 is 0 Å². The molecule has 0 atom stereocenters. The Bertz CT molecular complexity index is 528. The fourth-order valence-corrected chi connectivity index (χ4v) is 1.47. The van der Waals surface area contributed by atoms with Gasteiger partial charge in [0.1, 0.15) is 11.5 Å². The Morgan fingerprint density at radius 1 is 1.24 bits per heavy atom. The number of aromatic nitrogens is 3. The predicted molar refractivity (Wildman–Crippen MR) is 65.6 cm³/mol. The van der Waals surface area contributed by atoms with Crippen LogP contribution in [0.15, 0.2) is 24.3 Å². The quantitative estimate of drug-likeness (QED) is 0.868. The number of nitrogen functional groups attached to an aromatic ring is 1. The van der Waals surface area contributed by atoms with E-state index in [4.69, 9.17) is 10.5 Å². The third-order valence-electron chi connectivity index (χ3n) is 2.32. The molecular formula is C12H14N4O. The molecule has 0 aliphatic carbocycles. The molecule has 2 N–H and O–H groups in total. The van der Waals surface area contributed by atoms with E-state index < -0.39 is 0 Å². The van der Waals surface area contributed by atoms with Crippen molar-refractivity contribution < 1.29 is 4.74 Å². The molecule has 2 heterocycles. The number of methoxy groups -OCH3 is 1. The number of nitrogens with zero attached hydrogens (tertiary/aromatic N) is 3. The number of anilines is 1. The van der Waals surface area contributed by atoms with Crippen molar-refractivity contribution in [2.45, 2.75) is 13.3 Å². The average Bonchev–Trinajstić information content (AvgIpc) is 2.38. The average molecular weight is 230 g/mol. The van der Waals surface area contributed by atoms with E-state index in [0.29, 0.717) is 23.2 Å². The van der Waals surface area contributed by atoms with Gasteiger partial charge in [-0.15, -0.1) is 0 Å². The van der Waals surface area contributed by atoms with Crippen LogP contribution in [0.3, 0.4) is 0 Å². The lowest BCUT2D eigenvalue weighted by Crippen LogP contribution is -2.01. The van der Waals surface area contributed by atoms with Gasteiger partial charge >= 0.3 is 0 Å². The van der Waals surface area contributed by atoms with Crippen molar-refractivity contribution in [3.8, 4) is 17.4 Å². The van der Waals surface area contributed by atoms with Gasteiger partial charge in [-0.05, 0) is 12.5 Å². The van der Waals surface area contributed by atoms with E-state index >= 15 is 0 Å². The van der Waals surface area contributed by atoms with Crippen molar-refractivity contribution in [1.29, 1.82) is 0 Å². The van der Waals surface area contributed by atoms with Gasteiger partial charge in [-0.25, -0.2) is 15.0 Å². The second-order valence-electron chi connectivity index (χ2n) is 3.53. The van der Waals surface area contributed by atoms with Gasteiger partial charge in [0.15, 0.2) is 5.82 Å². The Morgan fingerprint density at radius 3 is 2.76 bits per heavy atom. The highest BCUT2D eigenvalue weighted by atomic mass is 16.5. The zero-order valence-electron chi connectivity index (χ0n) is 9.84. The molecule has 5 heteroatoms. The van der Waals surface area contributed by atoms with E-state index in [1.165, 1.54) is 0 Å². The van der Waals surface area contributed by atoms with Gasteiger partial charge in [-0.2, -0.15) is 0 Å². The Balaban J connectivity index is 2.47. The fraction of sp³-hybridized carbons (Fsp3) is 0.250. The lowest BCUT2D eigenvalue weighted by Gasteiger charge is -2.05. The first-order chi connectivity index (χ1) is 8.22. The van der Waals surface area contributed by atoms with Crippen molar-refractivity contribution in [3.63, 3.8) is 0 Å². The number of aryl methyl sites for hydroxylation is 1. The summed E-state index contributed by atoms with van der Waals surface area (Å²) in [4.78, 5) is 12.8. The van der Waals surface area contributed by atoms with Gasteiger partial charge in [-0.1, -0.05) is 13.0 Å². The predicted octanol–water partition coefficient (Wildman–Crippen LogP) is 1.69. The number of hydrogen-bond donors (Lipinski definition) is 1. The number of pyridine rings is 1. The number of hydrogen-bond acceptors (Lipinski definition) is 5. The molecule has 0 spiro atoms. The van der Waals surface area contributed by atoms with Gasteiger partial charge in [0.2, 0.25) is 5.88 Å². The van der Waals surface area contributed by atoms with E-state index in [1.807, 2.05) is 19.1 Å². The normalized spacial score (nSPS) is 10.2. The molecule has 0 aromatic carbocycles. The molecule has 0 amide bonds. The van der Waals surface area contributed by atoms with Gasteiger partial charge in [0, 0.05) is 17.8 Å². The second-order valence-corrected chi connectivity index (χ2v) is 3.53. The van der Waals surface area contributed by atoms with Crippen molar-refractivity contribution in [3.05, 3.63) is 30.0 Å². The van der Waals surface area contributed by atoms with E-state index in [-0.39, 0.29) is 0 Å². The van der Waals surface area contributed by atoms with Gasteiger partial charge in [0.05, 0.1) is 7.11 Å². The van der Waals surface area contributed by atoms with Crippen LogP contribution in [0.5, 0.6) is 5.88 Å². The molecule has 0 bridgehead atoms. The molecule has 2 rings (SSSR count). The van der Waals surface area contributed by atoms with Gasteiger partial charge < -0.3 is 10.5 Å². The maximum absolute atomic E-state index is 5.73. The third-order valence-corrected chi connectivity index (χ3v) is 2.32. The van der Waals surface area contributed by atoms with E-state index in [0.717, 1.165) is 12.1 Å². The standard InChI is InChI=1S/C12H14N4O/c1-3-8-7-10(13)16-12(14-8)9-5-4-6-11(15-9)17-2/h4-7H,3H2,1-2H3,(H2,13,14,16). The number of rotatable bonds is 3. The minimum Gasteiger partial charge on any atom is -0.481 e. The number of nitrogens with two attached hydrogens (primary N) is 1. The van der Waals surface area contributed by atoms with Crippen LogP contribution in [0.1, 0.15) is 12.6 Å². The summed E-state index contributed by atoms with van der Waals surface area (Å²) in [6, 6.07) is 7.22. The molecule has 0 unspecified atom stereocenters. The Morgan fingerprint density at radius 2 is 2.06 bits per heavy atom. The summed E-state index contributed by atoms with van der Waals surface area (Å²) in [5, 5.41) is 0. The van der Waals surface area contributed by atoms with Crippen LogP contribution in [0, 0.1) is 0 Å². The van der Waals surface area contributed by atoms with Crippen LogP contribution in [0.4, 0.5) is 5.82 Å². The van der Waals surface area contributed by atoms with Crippen LogP contribution in [0.2, 0.25) is 0 Å². The molecule has 0 saturated carbocycles. The molecule has 2 aromatic heterocycles. The Kier molecular flexibility index (Phi) is 3.18. The lowest BCUT2D eigenvalue weighted by molar-refractivity contribution is 0.398. The smallest absolute Gasteiger partial charge is 0.213 e.